The first-order chi connectivity index (χ1) is 8.70. The number of rotatable bonds is 0. The zero-order valence-corrected chi connectivity index (χ0v) is 10.4. The molecule has 1 aliphatic rings. The van der Waals surface area contributed by atoms with Crippen molar-refractivity contribution in [1.29, 1.82) is 5.26 Å². The van der Waals surface area contributed by atoms with Crippen molar-refractivity contribution in [2.45, 2.75) is 13.5 Å². The molecule has 0 bridgehead atoms. The molecule has 1 aromatic carbocycles. The zero-order valence-electron chi connectivity index (χ0n) is 10.4. The van der Waals surface area contributed by atoms with Crippen molar-refractivity contribution < 1.29 is 0 Å². The quantitative estimate of drug-likeness (QED) is 0.705. The minimum Gasteiger partial charge on any atom is -0.369 e. The monoisotopic (exact) mass is 235 g/mol. The van der Waals surface area contributed by atoms with Gasteiger partial charge in [-0.3, -0.25) is 4.98 Å². The lowest BCUT2D eigenvalue weighted by molar-refractivity contribution is 0.894. The lowest BCUT2D eigenvalue weighted by atomic mass is 9.95. The first kappa shape index (κ1) is 10.8. The molecule has 0 atom stereocenters. The van der Waals surface area contributed by atoms with Crippen LogP contribution in [0.25, 0.3) is 11.3 Å². The van der Waals surface area contributed by atoms with Crippen LogP contribution in [0, 0.1) is 18.3 Å². The largest absolute Gasteiger partial charge is 0.369 e. The fourth-order valence-electron chi connectivity index (χ4n) is 2.63. The molecule has 2 heterocycles. The lowest BCUT2D eigenvalue weighted by Gasteiger charge is -2.30. The summed E-state index contributed by atoms with van der Waals surface area (Å²) in [6.07, 6.45) is 1.65. The van der Waals surface area contributed by atoms with E-state index >= 15 is 0 Å². The van der Waals surface area contributed by atoms with Crippen LogP contribution in [-0.2, 0) is 6.54 Å². The predicted octanol–water partition coefficient (Wildman–Crippen LogP) is 2.88. The van der Waals surface area contributed by atoms with Gasteiger partial charge in [0.2, 0.25) is 0 Å². The molecule has 0 N–H and O–H groups in total. The summed E-state index contributed by atoms with van der Waals surface area (Å²) in [5.41, 5.74) is 6.40. The van der Waals surface area contributed by atoms with Gasteiger partial charge in [0.05, 0.1) is 11.3 Å². The minimum absolute atomic E-state index is 0.623. The van der Waals surface area contributed by atoms with Gasteiger partial charge in [-0.15, -0.1) is 0 Å². The molecular formula is C15H13N3. The second-order valence-corrected chi connectivity index (χ2v) is 4.67. The summed E-state index contributed by atoms with van der Waals surface area (Å²) in [5, 5.41) is 8.94. The van der Waals surface area contributed by atoms with E-state index in [9.17, 15) is 0 Å². The van der Waals surface area contributed by atoms with Gasteiger partial charge in [-0.05, 0) is 24.1 Å². The Morgan fingerprint density at radius 2 is 2.22 bits per heavy atom. The van der Waals surface area contributed by atoms with Crippen molar-refractivity contribution in [3.05, 3.63) is 47.2 Å². The van der Waals surface area contributed by atoms with Crippen LogP contribution in [0.15, 0.2) is 30.5 Å². The van der Waals surface area contributed by atoms with Crippen molar-refractivity contribution in [2.75, 3.05) is 11.9 Å². The molecule has 0 radical (unpaired) electrons. The highest BCUT2D eigenvalue weighted by Gasteiger charge is 2.22. The number of benzene rings is 1. The second-order valence-electron chi connectivity index (χ2n) is 4.67. The highest BCUT2D eigenvalue weighted by Crippen LogP contribution is 2.39. The maximum Gasteiger partial charge on any atom is 0.101 e. The molecule has 1 aromatic heterocycles. The number of aryl methyl sites for hydroxylation is 1. The molecule has 3 heteroatoms. The molecule has 88 valence electrons. The Morgan fingerprint density at radius 1 is 1.39 bits per heavy atom. The average molecular weight is 235 g/mol. The van der Waals surface area contributed by atoms with Crippen LogP contribution in [0.2, 0.25) is 0 Å². The van der Waals surface area contributed by atoms with Gasteiger partial charge in [-0.25, -0.2) is 0 Å². The van der Waals surface area contributed by atoms with Crippen molar-refractivity contribution in [2.24, 2.45) is 0 Å². The van der Waals surface area contributed by atoms with E-state index < -0.39 is 0 Å². The predicted molar refractivity (Wildman–Crippen MR) is 71.2 cm³/mol. The summed E-state index contributed by atoms with van der Waals surface area (Å²) < 4.78 is 0. The molecule has 0 amide bonds. The van der Waals surface area contributed by atoms with E-state index in [0.717, 1.165) is 23.4 Å². The van der Waals surface area contributed by atoms with Crippen LogP contribution in [0.3, 0.4) is 0 Å². The normalized spacial score (nSPS) is 12.6. The van der Waals surface area contributed by atoms with Gasteiger partial charge in [-0.2, -0.15) is 5.26 Å². The van der Waals surface area contributed by atoms with Gasteiger partial charge >= 0.3 is 0 Å². The third kappa shape index (κ3) is 1.46. The first-order valence-electron chi connectivity index (χ1n) is 5.91. The Labute approximate surface area is 106 Å². The molecule has 0 saturated heterocycles. The van der Waals surface area contributed by atoms with Crippen molar-refractivity contribution >= 4 is 5.69 Å². The van der Waals surface area contributed by atoms with E-state index in [1.807, 2.05) is 6.07 Å². The SMILES string of the molecule is Cc1cccc2c1N(C)Cc1cc(C#N)cnc1-2. The Bertz CT molecular complexity index is 668. The number of aromatic nitrogens is 1. The Morgan fingerprint density at radius 3 is 3.00 bits per heavy atom. The average Bonchev–Trinajstić information content (AvgIpc) is 2.38. The second kappa shape index (κ2) is 3.85. The van der Waals surface area contributed by atoms with Gasteiger partial charge in [0, 0.05) is 31.0 Å². The maximum atomic E-state index is 8.94. The molecule has 3 rings (SSSR count). The van der Waals surface area contributed by atoms with Crippen LogP contribution < -0.4 is 4.90 Å². The van der Waals surface area contributed by atoms with Gasteiger partial charge in [0.15, 0.2) is 0 Å². The van der Waals surface area contributed by atoms with E-state index in [4.69, 9.17) is 5.26 Å². The molecule has 1 aliphatic heterocycles. The summed E-state index contributed by atoms with van der Waals surface area (Å²) in [7, 11) is 2.08. The number of nitriles is 1. The first-order valence-corrected chi connectivity index (χ1v) is 5.91. The number of pyridine rings is 1. The number of fused-ring (bicyclic) bond motifs is 3. The molecule has 0 saturated carbocycles. The molecule has 0 spiro atoms. The summed E-state index contributed by atoms with van der Waals surface area (Å²) >= 11 is 0. The molecule has 18 heavy (non-hydrogen) atoms. The number of hydrogen-bond acceptors (Lipinski definition) is 3. The highest BCUT2D eigenvalue weighted by molar-refractivity contribution is 5.83. The topological polar surface area (TPSA) is 39.9 Å². The summed E-state index contributed by atoms with van der Waals surface area (Å²) in [5.74, 6) is 0. The van der Waals surface area contributed by atoms with Crippen molar-refractivity contribution in [3.63, 3.8) is 0 Å². The summed E-state index contributed by atoms with van der Waals surface area (Å²) in [4.78, 5) is 6.68. The van der Waals surface area contributed by atoms with Crippen LogP contribution >= 0.6 is 0 Å². The molecule has 3 nitrogen and oxygen atoms in total. The van der Waals surface area contributed by atoms with E-state index in [2.05, 4.69) is 48.1 Å². The van der Waals surface area contributed by atoms with Gasteiger partial charge in [0.25, 0.3) is 0 Å². The Kier molecular flexibility index (Phi) is 2.31. The van der Waals surface area contributed by atoms with Crippen LogP contribution in [0.5, 0.6) is 0 Å². The standard InChI is InChI=1S/C15H13N3/c1-10-4-3-5-13-14-12(9-18(2)15(10)13)6-11(7-16)8-17-14/h3-6,8H,9H2,1-2H3. The van der Waals surface area contributed by atoms with Crippen molar-refractivity contribution in [1.82, 2.24) is 4.98 Å². The van der Waals surface area contributed by atoms with E-state index in [1.165, 1.54) is 11.3 Å². The number of para-hydroxylation sites is 1. The number of hydrogen-bond donors (Lipinski definition) is 0. The Hall–Kier alpha value is -2.34. The third-order valence-corrected chi connectivity index (χ3v) is 3.38. The van der Waals surface area contributed by atoms with Crippen LogP contribution in [-0.4, -0.2) is 12.0 Å². The van der Waals surface area contributed by atoms with Crippen LogP contribution in [0.4, 0.5) is 5.69 Å². The highest BCUT2D eigenvalue weighted by atomic mass is 15.1. The molecule has 0 unspecified atom stereocenters. The van der Waals surface area contributed by atoms with E-state index in [1.54, 1.807) is 6.20 Å². The third-order valence-electron chi connectivity index (χ3n) is 3.38. The van der Waals surface area contributed by atoms with Gasteiger partial charge in [0.1, 0.15) is 6.07 Å². The number of nitrogens with zero attached hydrogens (tertiary/aromatic N) is 3. The fourth-order valence-corrected chi connectivity index (χ4v) is 2.63. The minimum atomic E-state index is 0.623. The smallest absolute Gasteiger partial charge is 0.101 e. The molecule has 2 aromatic rings. The van der Waals surface area contributed by atoms with Gasteiger partial charge < -0.3 is 4.90 Å². The molecular weight excluding hydrogens is 222 g/mol. The van der Waals surface area contributed by atoms with Crippen LogP contribution in [0.1, 0.15) is 16.7 Å². The van der Waals surface area contributed by atoms with Gasteiger partial charge in [-0.1, -0.05) is 18.2 Å². The summed E-state index contributed by atoms with van der Waals surface area (Å²) in [6.45, 7) is 2.92. The molecule has 0 aliphatic carbocycles. The van der Waals surface area contributed by atoms with E-state index in [0.29, 0.717) is 5.56 Å². The maximum absolute atomic E-state index is 8.94. The summed E-state index contributed by atoms with van der Waals surface area (Å²) in [6, 6.07) is 10.3. The van der Waals surface area contributed by atoms with Crippen molar-refractivity contribution in [3.8, 4) is 17.3 Å². The Balaban J connectivity index is 2.28. The van der Waals surface area contributed by atoms with E-state index in [-0.39, 0.29) is 0 Å². The molecule has 0 fully saturated rings. The fraction of sp³-hybridized carbons (Fsp3) is 0.200. The number of anilines is 1. The zero-order chi connectivity index (χ0) is 12.7. The lowest BCUT2D eigenvalue weighted by Crippen LogP contribution is -2.23.